The highest BCUT2D eigenvalue weighted by Crippen LogP contribution is 2.17. The molecule has 3 rings (SSSR count). The lowest BCUT2D eigenvalue weighted by Gasteiger charge is -2.36. The number of nitrogens with one attached hydrogen (secondary N) is 1. The second kappa shape index (κ2) is 7.17. The zero-order valence-corrected chi connectivity index (χ0v) is 13.7. The summed E-state index contributed by atoms with van der Waals surface area (Å²) in [4.78, 5) is 27.9. The Kier molecular flexibility index (Phi) is 4.79. The maximum Gasteiger partial charge on any atom is 0.321 e. The fourth-order valence-corrected chi connectivity index (χ4v) is 2.83. The number of anilines is 2. The molecule has 2 aromatic rings. The number of benzene rings is 2. The number of para-hydroxylation sites is 1. The fourth-order valence-electron chi connectivity index (χ4n) is 2.83. The van der Waals surface area contributed by atoms with Gasteiger partial charge >= 0.3 is 6.03 Å². The average Bonchev–Trinajstić information content (AvgIpc) is 2.63. The van der Waals surface area contributed by atoms with Gasteiger partial charge < -0.3 is 15.1 Å². The molecule has 0 unspecified atom stereocenters. The number of carbonyl (C=O) groups is 2. The minimum atomic E-state index is -0.122. The van der Waals surface area contributed by atoms with Crippen molar-refractivity contribution in [3.8, 4) is 0 Å². The van der Waals surface area contributed by atoms with Crippen molar-refractivity contribution in [2.75, 3.05) is 36.4 Å². The van der Waals surface area contributed by atoms with Crippen molar-refractivity contribution in [2.45, 2.75) is 6.92 Å². The third-order valence-electron chi connectivity index (χ3n) is 4.21. The summed E-state index contributed by atoms with van der Waals surface area (Å²) in [6, 6.07) is 17.1. The Morgan fingerprint density at radius 3 is 2.29 bits per heavy atom. The molecule has 2 aromatic carbocycles. The Morgan fingerprint density at radius 1 is 0.917 bits per heavy atom. The van der Waals surface area contributed by atoms with E-state index >= 15 is 0 Å². The number of rotatable bonds is 3. The summed E-state index contributed by atoms with van der Waals surface area (Å²) in [6.45, 7) is 4.49. The molecule has 1 aliphatic heterocycles. The first-order chi connectivity index (χ1) is 11.6. The molecule has 24 heavy (non-hydrogen) atoms. The average molecular weight is 323 g/mol. The standard InChI is InChI=1S/C19H21N3O2/c1-15(23)16-6-5-7-17(14-16)20-19(24)22-12-10-21(11-13-22)18-8-3-2-4-9-18/h2-9,14H,10-13H2,1H3,(H,20,24). The Morgan fingerprint density at radius 2 is 1.62 bits per heavy atom. The zero-order valence-electron chi connectivity index (χ0n) is 13.7. The summed E-state index contributed by atoms with van der Waals surface area (Å²) in [5, 5.41) is 2.88. The van der Waals surface area contributed by atoms with E-state index in [9.17, 15) is 9.59 Å². The first kappa shape index (κ1) is 16.1. The molecule has 1 fully saturated rings. The second-order valence-corrected chi connectivity index (χ2v) is 5.88. The molecule has 0 radical (unpaired) electrons. The lowest BCUT2D eigenvalue weighted by molar-refractivity contribution is 0.101. The van der Waals surface area contributed by atoms with Crippen molar-refractivity contribution in [1.82, 2.24) is 4.90 Å². The van der Waals surface area contributed by atoms with Crippen molar-refractivity contribution in [3.05, 3.63) is 60.2 Å². The van der Waals surface area contributed by atoms with Gasteiger partial charge in [0.2, 0.25) is 0 Å². The summed E-state index contributed by atoms with van der Waals surface area (Å²) >= 11 is 0. The molecule has 0 aromatic heterocycles. The molecule has 1 saturated heterocycles. The highest BCUT2D eigenvalue weighted by molar-refractivity contribution is 5.96. The van der Waals surface area contributed by atoms with Crippen molar-refractivity contribution >= 4 is 23.2 Å². The van der Waals surface area contributed by atoms with Crippen LogP contribution in [0.1, 0.15) is 17.3 Å². The van der Waals surface area contributed by atoms with E-state index in [-0.39, 0.29) is 11.8 Å². The van der Waals surface area contributed by atoms with Crippen LogP contribution in [0.15, 0.2) is 54.6 Å². The molecule has 124 valence electrons. The number of hydrogen-bond acceptors (Lipinski definition) is 3. The van der Waals surface area contributed by atoms with E-state index in [0.29, 0.717) is 24.3 Å². The van der Waals surface area contributed by atoms with E-state index in [1.165, 1.54) is 12.6 Å². The predicted molar refractivity (Wildman–Crippen MR) is 95.7 cm³/mol. The number of carbonyl (C=O) groups excluding carboxylic acids is 2. The van der Waals surface area contributed by atoms with Crippen LogP contribution in [-0.2, 0) is 0 Å². The minimum Gasteiger partial charge on any atom is -0.368 e. The zero-order chi connectivity index (χ0) is 16.9. The highest BCUT2D eigenvalue weighted by atomic mass is 16.2. The van der Waals surface area contributed by atoms with Crippen LogP contribution in [0.25, 0.3) is 0 Å². The molecular formula is C19H21N3O2. The van der Waals surface area contributed by atoms with E-state index in [1.807, 2.05) is 18.2 Å². The number of nitrogens with zero attached hydrogens (tertiary/aromatic N) is 2. The summed E-state index contributed by atoms with van der Waals surface area (Å²) in [6.07, 6.45) is 0. The maximum atomic E-state index is 12.4. The summed E-state index contributed by atoms with van der Waals surface area (Å²) in [7, 11) is 0. The predicted octanol–water partition coefficient (Wildman–Crippen LogP) is 3.24. The molecule has 0 aliphatic carbocycles. The highest BCUT2D eigenvalue weighted by Gasteiger charge is 2.21. The molecule has 2 amide bonds. The number of hydrogen-bond donors (Lipinski definition) is 1. The fraction of sp³-hybridized carbons (Fsp3) is 0.263. The number of ketones is 1. The molecular weight excluding hydrogens is 302 g/mol. The smallest absolute Gasteiger partial charge is 0.321 e. The van der Waals surface area contributed by atoms with E-state index in [1.54, 1.807) is 29.2 Å². The van der Waals surface area contributed by atoms with Gasteiger partial charge in [-0.3, -0.25) is 4.79 Å². The Hall–Kier alpha value is -2.82. The molecule has 0 atom stereocenters. The Bertz CT molecular complexity index is 722. The Balaban J connectivity index is 1.57. The molecule has 1 aliphatic rings. The van der Waals surface area contributed by atoms with Gasteiger partial charge in [-0.25, -0.2) is 4.79 Å². The quantitative estimate of drug-likeness (QED) is 0.882. The molecule has 0 bridgehead atoms. The molecule has 1 heterocycles. The molecule has 1 N–H and O–H groups in total. The SMILES string of the molecule is CC(=O)c1cccc(NC(=O)N2CCN(c3ccccc3)CC2)c1. The molecule has 5 heteroatoms. The van der Waals surface area contributed by atoms with Gasteiger partial charge in [0.25, 0.3) is 0 Å². The number of amides is 2. The van der Waals surface area contributed by atoms with Gasteiger partial charge in [-0.2, -0.15) is 0 Å². The van der Waals surface area contributed by atoms with Crippen molar-refractivity contribution in [3.63, 3.8) is 0 Å². The monoisotopic (exact) mass is 323 g/mol. The van der Waals surface area contributed by atoms with Crippen LogP contribution in [0.5, 0.6) is 0 Å². The van der Waals surface area contributed by atoms with Crippen LogP contribution < -0.4 is 10.2 Å². The topological polar surface area (TPSA) is 52.7 Å². The number of piperazine rings is 1. The second-order valence-electron chi connectivity index (χ2n) is 5.88. The van der Waals surface area contributed by atoms with Gasteiger partial charge in [-0.15, -0.1) is 0 Å². The van der Waals surface area contributed by atoms with Crippen LogP contribution in [0.4, 0.5) is 16.2 Å². The lowest BCUT2D eigenvalue weighted by atomic mass is 10.1. The van der Waals surface area contributed by atoms with Gasteiger partial charge in [0.05, 0.1) is 0 Å². The van der Waals surface area contributed by atoms with Gasteiger partial charge in [-0.1, -0.05) is 30.3 Å². The van der Waals surface area contributed by atoms with Gasteiger partial charge in [0.1, 0.15) is 0 Å². The van der Waals surface area contributed by atoms with Crippen LogP contribution >= 0.6 is 0 Å². The first-order valence-corrected chi connectivity index (χ1v) is 8.10. The molecule has 0 saturated carbocycles. The van der Waals surface area contributed by atoms with Crippen LogP contribution in [0.2, 0.25) is 0 Å². The van der Waals surface area contributed by atoms with Gasteiger partial charge in [0.15, 0.2) is 5.78 Å². The van der Waals surface area contributed by atoms with Crippen LogP contribution in [0, 0.1) is 0 Å². The van der Waals surface area contributed by atoms with Crippen LogP contribution in [0.3, 0.4) is 0 Å². The van der Waals surface area contributed by atoms with E-state index in [4.69, 9.17) is 0 Å². The Labute approximate surface area is 141 Å². The number of urea groups is 1. The summed E-state index contributed by atoms with van der Waals surface area (Å²) in [5.41, 5.74) is 2.44. The first-order valence-electron chi connectivity index (χ1n) is 8.10. The normalized spacial score (nSPS) is 14.4. The minimum absolute atomic E-state index is 0.0115. The summed E-state index contributed by atoms with van der Waals surface area (Å²) < 4.78 is 0. The van der Waals surface area contributed by atoms with E-state index < -0.39 is 0 Å². The van der Waals surface area contributed by atoms with E-state index in [0.717, 1.165) is 13.1 Å². The third kappa shape index (κ3) is 3.74. The molecule has 5 nitrogen and oxygen atoms in total. The lowest BCUT2D eigenvalue weighted by Crippen LogP contribution is -2.50. The third-order valence-corrected chi connectivity index (χ3v) is 4.21. The number of Topliss-reactive ketones (excluding diaryl/α,β-unsaturated/α-hetero) is 1. The summed E-state index contributed by atoms with van der Waals surface area (Å²) in [5.74, 6) is -0.0115. The van der Waals surface area contributed by atoms with Gasteiger partial charge in [-0.05, 0) is 31.2 Å². The largest absolute Gasteiger partial charge is 0.368 e. The van der Waals surface area contributed by atoms with Crippen molar-refractivity contribution in [2.24, 2.45) is 0 Å². The molecule has 0 spiro atoms. The van der Waals surface area contributed by atoms with Crippen LogP contribution in [-0.4, -0.2) is 42.9 Å². The van der Waals surface area contributed by atoms with Crippen molar-refractivity contribution < 1.29 is 9.59 Å². The van der Waals surface area contributed by atoms with Gasteiger partial charge in [0, 0.05) is 43.1 Å². The maximum absolute atomic E-state index is 12.4. The van der Waals surface area contributed by atoms with Crippen molar-refractivity contribution in [1.29, 1.82) is 0 Å². The van der Waals surface area contributed by atoms with E-state index in [2.05, 4.69) is 22.3 Å².